The number of aliphatic imine (C=N–C) groups is 1. The molecule has 0 amide bonds. The summed E-state index contributed by atoms with van der Waals surface area (Å²) in [6.45, 7) is 3.23. The lowest BCUT2D eigenvalue weighted by Gasteiger charge is -2.10. The summed E-state index contributed by atoms with van der Waals surface area (Å²) in [6.07, 6.45) is 1.96. The summed E-state index contributed by atoms with van der Waals surface area (Å²) in [5, 5.41) is 0.421. The summed E-state index contributed by atoms with van der Waals surface area (Å²) in [5.41, 5.74) is 4.38. The molecule has 0 N–H and O–H groups in total. The van der Waals surface area contributed by atoms with Crippen LogP contribution < -0.4 is 0 Å². The molecule has 2 aromatic carbocycles. The van der Waals surface area contributed by atoms with E-state index in [-0.39, 0.29) is 11.9 Å². The normalized spacial score (nSPS) is 16.0. The first-order chi connectivity index (χ1) is 14.1. The lowest BCUT2D eigenvalue weighted by Crippen LogP contribution is -2.11. The van der Waals surface area contributed by atoms with Gasteiger partial charge in [0.05, 0.1) is 6.04 Å². The third-order valence-corrected chi connectivity index (χ3v) is 6.33. The number of rotatable bonds is 7. The van der Waals surface area contributed by atoms with Gasteiger partial charge in [0, 0.05) is 29.3 Å². The van der Waals surface area contributed by atoms with E-state index in [1.165, 1.54) is 23.3 Å². The number of aromatic nitrogens is 1. The molecular formula is C23H22ClFN2OS. The van der Waals surface area contributed by atoms with E-state index in [9.17, 15) is 4.39 Å². The van der Waals surface area contributed by atoms with Gasteiger partial charge in [-0.25, -0.2) is 9.38 Å². The summed E-state index contributed by atoms with van der Waals surface area (Å²) >= 11 is 8.05. The molecule has 0 aliphatic carbocycles. The van der Waals surface area contributed by atoms with Crippen molar-refractivity contribution < 1.29 is 9.13 Å². The third kappa shape index (κ3) is 5.03. The fourth-order valence-electron chi connectivity index (χ4n) is 3.22. The molecular weight excluding hydrogens is 407 g/mol. The Kier molecular flexibility index (Phi) is 6.26. The van der Waals surface area contributed by atoms with E-state index in [1.54, 1.807) is 6.07 Å². The van der Waals surface area contributed by atoms with E-state index in [4.69, 9.17) is 21.3 Å². The van der Waals surface area contributed by atoms with E-state index in [0.717, 1.165) is 22.8 Å². The van der Waals surface area contributed by atoms with Crippen molar-refractivity contribution in [2.75, 3.05) is 12.4 Å². The maximum atomic E-state index is 13.3. The molecule has 1 aromatic heterocycles. The molecule has 6 heteroatoms. The summed E-state index contributed by atoms with van der Waals surface area (Å²) in [6, 6.07) is 17.2. The van der Waals surface area contributed by atoms with Gasteiger partial charge in [-0.05, 0) is 42.3 Å². The zero-order chi connectivity index (χ0) is 20.2. The lowest BCUT2D eigenvalue weighted by molar-refractivity contribution is 0.323. The lowest BCUT2D eigenvalue weighted by atomic mass is 10.2. The topological polar surface area (TPSA) is 26.5 Å². The zero-order valence-corrected chi connectivity index (χ0v) is 17.7. The largest absolute Gasteiger partial charge is 0.474 e. The highest BCUT2D eigenvalue weighted by molar-refractivity contribution is 7.98. The second-order valence-electron chi connectivity index (χ2n) is 7.16. The maximum Gasteiger partial charge on any atom is 0.233 e. The fraction of sp³-hybridized carbons (Fsp3) is 0.261. The molecule has 0 saturated heterocycles. The first kappa shape index (κ1) is 20.0. The Balaban J connectivity index is 1.38. The Hall–Kier alpha value is -2.24. The summed E-state index contributed by atoms with van der Waals surface area (Å²) in [7, 11) is 0. The highest BCUT2D eigenvalue weighted by Crippen LogP contribution is 2.22. The van der Waals surface area contributed by atoms with Gasteiger partial charge >= 0.3 is 0 Å². The average molecular weight is 429 g/mol. The van der Waals surface area contributed by atoms with Gasteiger partial charge in [-0.1, -0.05) is 47.5 Å². The van der Waals surface area contributed by atoms with Gasteiger partial charge in [0.15, 0.2) is 0 Å². The molecule has 1 aliphatic rings. The van der Waals surface area contributed by atoms with Crippen LogP contribution in [0.4, 0.5) is 4.39 Å². The monoisotopic (exact) mass is 428 g/mol. The maximum absolute atomic E-state index is 13.3. The Labute approximate surface area is 179 Å². The van der Waals surface area contributed by atoms with Gasteiger partial charge < -0.3 is 9.30 Å². The van der Waals surface area contributed by atoms with Crippen LogP contribution in [0.3, 0.4) is 0 Å². The van der Waals surface area contributed by atoms with Crippen LogP contribution in [0.25, 0.3) is 0 Å². The molecule has 29 heavy (non-hydrogen) atoms. The van der Waals surface area contributed by atoms with Crippen molar-refractivity contribution in [2.45, 2.75) is 25.3 Å². The number of nitrogens with zero attached hydrogens (tertiary/aromatic N) is 2. The highest BCUT2D eigenvalue weighted by Gasteiger charge is 2.22. The summed E-state index contributed by atoms with van der Waals surface area (Å²) in [4.78, 5) is 4.77. The van der Waals surface area contributed by atoms with E-state index in [2.05, 4.69) is 31.2 Å². The van der Waals surface area contributed by atoms with Gasteiger partial charge in [-0.2, -0.15) is 11.8 Å². The van der Waals surface area contributed by atoms with Gasteiger partial charge in [0.2, 0.25) is 5.90 Å². The van der Waals surface area contributed by atoms with Crippen LogP contribution in [-0.2, 0) is 17.0 Å². The minimum Gasteiger partial charge on any atom is -0.474 e. The minimum absolute atomic E-state index is 0.151. The molecule has 0 radical (unpaired) electrons. The number of halogens is 2. The number of ether oxygens (including phenoxy) is 1. The van der Waals surface area contributed by atoms with Crippen LogP contribution >= 0.6 is 23.4 Å². The molecule has 3 aromatic rings. The second-order valence-corrected chi connectivity index (χ2v) is 8.59. The van der Waals surface area contributed by atoms with Crippen molar-refractivity contribution in [1.82, 2.24) is 4.57 Å². The molecule has 150 valence electrons. The van der Waals surface area contributed by atoms with Crippen molar-refractivity contribution in [3.63, 3.8) is 0 Å². The van der Waals surface area contributed by atoms with E-state index < -0.39 is 0 Å². The second kappa shape index (κ2) is 9.06. The predicted octanol–water partition coefficient (Wildman–Crippen LogP) is 5.72. The van der Waals surface area contributed by atoms with Crippen LogP contribution in [0.2, 0.25) is 5.02 Å². The third-order valence-electron chi connectivity index (χ3n) is 4.82. The first-order valence-corrected chi connectivity index (χ1v) is 11.0. The fourth-order valence-corrected chi connectivity index (χ4v) is 4.43. The Bertz CT molecular complexity index is 1020. The molecule has 0 fully saturated rings. The molecule has 1 aliphatic heterocycles. The molecule has 0 saturated carbocycles. The Morgan fingerprint density at radius 1 is 1.21 bits per heavy atom. The average Bonchev–Trinajstić information content (AvgIpc) is 3.35. The summed E-state index contributed by atoms with van der Waals surface area (Å²) < 4.78 is 21.2. The zero-order valence-electron chi connectivity index (χ0n) is 16.1. The number of benzene rings is 2. The van der Waals surface area contributed by atoms with Crippen LogP contribution in [0.1, 0.15) is 22.4 Å². The van der Waals surface area contributed by atoms with E-state index >= 15 is 0 Å². The first-order valence-electron chi connectivity index (χ1n) is 9.52. The number of hydrogen-bond donors (Lipinski definition) is 0. The molecule has 4 rings (SSSR count). The predicted molar refractivity (Wildman–Crippen MR) is 119 cm³/mol. The van der Waals surface area contributed by atoms with Gasteiger partial charge in [0.25, 0.3) is 0 Å². The van der Waals surface area contributed by atoms with Gasteiger partial charge in [-0.15, -0.1) is 0 Å². The number of hydrogen-bond acceptors (Lipinski definition) is 3. The van der Waals surface area contributed by atoms with Gasteiger partial charge in [0.1, 0.15) is 18.1 Å². The smallest absolute Gasteiger partial charge is 0.233 e. The molecule has 1 atom stereocenters. The molecule has 0 unspecified atom stereocenters. The summed E-state index contributed by atoms with van der Waals surface area (Å²) in [5.74, 6) is 2.22. The standard InChI is InChI=1S/C23H22ClFN2OS/c1-16-4-6-17(7-5-16)14-29-15-20-13-28-23(26-20)22-3-2-10-27(22)12-18-8-9-19(25)11-21(18)24/h2-11,20H,12-15H2,1H3/t20-/m0/s1. The minimum atomic E-state index is -0.332. The molecule has 0 spiro atoms. The quantitative estimate of drug-likeness (QED) is 0.481. The molecule has 0 bridgehead atoms. The number of aryl methyl sites for hydroxylation is 1. The Morgan fingerprint density at radius 2 is 2.03 bits per heavy atom. The molecule has 3 nitrogen and oxygen atoms in total. The van der Waals surface area contributed by atoms with Crippen molar-refractivity contribution in [3.05, 3.63) is 94.0 Å². The van der Waals surface area contributed by atoms with Crippen LogP contribution in [0.5, 0.6) is 0 Å². The highest BCUT2D eigenvalue weighted by atomic mass is 35.5. The van der Waals surface area contributed by atoms with Crippen molar-refractivity contribution >= 4 is 29.3 Å². The van der Waals surface area contributed by atoms with E-state index in [1.807, 2.05) is 34.7 Å². The van der Waals surface area contributed by atoms with Crippen molar-refractivity contribution in [2.24, 2.45) is 4.99 Å². The number of thioether (sulfide) groups is 1. The van der Waals surface area contributed by atoms with E-state index in [0.29, 0.717) is 24.1 Å². The van der Waals surface area contributed by atoms with Crippen molar-refractivity contribution in [3.8, 4) is 0 Å². The van der Waals surface area contributed by atoms with Crippen LogP contribution in [0, 0.1) is 12.7 Å². The van der Waals surface area contributed by atoms with Crippen LogP contribution in [0.15, 0.2) is 65.8 Å². The Morgan fingerprint density at radius 3 is 2.83 bits per heavy atom. The molecule has 2 heterocycles. The van der Waals surface area contributed by atoms with Crippen LogP contribution in [-0.4, -0.2) is 28.9 Å². The van der Waals surface area contributed by atoms with Crippen molar-refractivity contribution in [1.29, 1.82) is 0 Å². The SMILES string of the molecule is Cc1ccc(CSC[C@@H]2COC(c3cccn3Cc3ccc(F)cc3Cl)=N2)cc1. The van der Waals surface area contributed by atoms with Gasteiger partial charge in [-0.3, -0.25) is 0 Å².